The van der Waals surface area contributed by atoms with E-state index in [9.17, 15) is 4.79 Å². The molecule has 126 valence electrons. The third kappa shape index (κ3) is 3.53. The average Bonchev–Trinajstić information content (AvgIpc) is 2.61. The summed E-state index contributed by atoms with van der Waals surface area (Å²) >= 11 is 0. The van der Waals surface area contributed by atoms with E-state index in [1.807, 2.05) is 24.3 Å². The van der Waals surface area contributed by atoms with Gasteiger partial charge < -0.3 is 24.8 Å². The van der Waals surface area contributed by atoms with E-state index in [1.165, 1.54) is 0 Å². The lowest BCUT2D eigenvalue weighted by atomic mass is 10.0. The van der Waals surface area contributed by atoms with Gasteiger partial charge in [-0.25, -0.2) is 4.79 Å². The van der Waals surface area contributed by atoms with E-state index < -0.39 is 0 Å². The van der Waals surface area contributed by atoms with E-state index in [4.69, 9.17) is 14.2 Å². The Hall–Kier alpha value is -2.89. The summed E-state index contributed by atoms with van der Waals surface area (Å²) in [7, 11) is 3.12. The zero-order valence-electron chi connectivity index (χ0n) is 13.7. The number of amides is 2. The van der Waals surface area contributed by atoms with Crippen LogP contribution in [0.15, 0.2) is 42.5 Å². The zero-order valence-corrected chi connectivity index (χ0v) is 13.7. The normalized spacial score (nSPS) is 15.7. The molecule has 24 heavy (non-hydrogen) atoms. The molecule has 0 saturated heterocycles. The van der Waals surface area contributed by atoms with Crippen LogP contribution in [0.5, 0.6) is 17.2 Å². The van der Waals surface area contributed by atoms with Crippen molar-refractivity contribution in [3.63, 3.8) is 0 Å². The summed E-state index contributed by atoms with van der Waals surface area (Å²) in [6, 6.07) is 12.7. The second-order valence-electron chi connectivity index (χ2n) is 5.49. The number of nitrogens with one attached hydrogen (secondary N) is 2. The maximum absolute atomic E-state index is 12.2. The summed E-state index contributed by atoms with van der Waals surface area (Å²) in [6.07, 6.45) is 0.746. The molecule has 3 rings (SSSR count). The fourth-order valence-electron chi connectivity index (χ4n) is 2.69. The second kappa shape index (κ2) is 7.12. The van der Waals surface area contributed by atoms with E-state index >= 15 is 0 Å². The van der Waals surface area contributed by atoms with Gasteiger partial charge in [-0.1, -0.05) is 18.2 Å². The lowest BCUT2D eigenvalue weighted by Gasteiger charge is -2.26. The van der Waals surface area contributed by atoms with Crippen molar-refractivity contribution in [3.05, 3.63) is 48.0 Å². The van der Waals surface area contributed by atoms with Crippen LogP contribution in [0.2, 0.25) is 0 Å². The molecule has 1 aliphatic heterocycles. The predicted molar refractivity (Wildman–Crippen MR) is 91.1 cm³/mol. The number of rotatable bonds is 4. The molecule has 0 bridgehead atoms. The van der Waals surface area contributed by atoms with Gasteiger partial charge in [0, 0.05) is 11.8 Å². The minimum Gasteiger partial charge on any atom is -0.493 e. The molecule has 0 saturated carbocycles. The summed E-state index contributed by atoms with van der Waals surface area (Å²) in [5, 5.41) is 5.73. The van der Waals surface area contributed by atoms with Crippen LogP contribution in [-0.4, -0.2) is 32.9 Å². The topological polar surface area (TPSA) is 68.8 Å². The molecule has 1 heterocycles. The Morgan fingerprint density at radius 1 is 1.12 bits per heavy atom. The van der Waals surface area contributed by atoms with Crippen molar-refractivity contribution < 1.29 is 19.0 Å². The van der Waals surface area contributed by atoms with Crippen molar-refractivity contribution in [1.29, 1.82) is 0 Å². The number of carbonyl (C=O) groups excluding carboxylic acids is 1. The van der Waals surface area contributed by atoms with Gasteiger partial charge in [0.1, 0.15) is 12.4 Å². The van der Waals surface area contributed by atoms with Crippen LogP contribution < -0.4 is 24.8 Å². The molecule has 0 radical (unpaired) electrons. The summed E-state index contributed by atoms with van der Waals surface area (Å²) in [4.78, 5) is 12.2. The quantitative estimate of drug-likeness (QED) is 0.905. The molecule has 2 amide bonds. The summed E-state index contributed by atoms with van der Waals surface area (Å²) < 4.78 is 16.1. The molecule has 0 aliphatic carbocycles. The van der Waals surface area contributed by atoms with Gasteiger partial charge in [0.25, 0.3) is 0 Å². The number of hydrogen-bond acceptors (Lipinski definition) is 4. The molecule has 2 aromatic rings. The van der Waals surface area contributed by atoms with Gasteiger partial charge in [-0.15, -0.1) is 0 Å². The van der Waals surface area contributed by atoms with E-state index in [-0.39, 0.29) is 12.1 Å². The van der Waals surface area contributed by atoms with Gasteiger partial charge in [0.15, 0.2) is 11.5 Å². The highest BCUT2D eigenvalue weighted by atomic mass is 16.5. The molecular formula is C18H20N2O4. The van der Waals surface area contributed by atoms with E-state index in [1.54, 1.807) is 32.4 Å². The lowest BCUT2D eigenvalue weighted by molar-refractivity contribution is 0.222. The number of methoxy groups -OCH3 is 2. The minimum atomic E-state index is -0.282. The fraction of sp³-hybridized carbons (Fsp3) is 0.278. The molecule has 0 aromatic heterocycles. The molecule has 0 fully saturated rings. The number of carbonyl (C=O) groups is 1. The van der Waals surface area contributed by atoms with Crippen molar-refractivity contribution in [2.24, 2.45) is 0 Å². The number of hydrogen-bond donors (Lipinski definition) is 2. The maximum atomic E-state index is 12.2. The maximum Gasteiger partial charge on any atom is 0.319 e. The van der Waals surface area contributed by atoms with Crippen molar-refractivity contribution in [2.45, 2.75) is 12.5 Å². The third-order valence-corrected chi connectivity index (χ3v) is 3.86. The number of ether oxygens (including phenoxy) is 3. The van der Waals surface area contributed by atoms with Crippen LogP contribution in [0.3, 0.4) is 0 Å². The summed E-state index contributed by atoms with van der Waals surface area (Å²) in [6.45, 7) is 0.455. The SMILES string of the molecule is COc1ccc(NC(=O)NC2COc3ccccc3C2)cc1OC. The van der Waals surface area contributed by atoms with Crippen LogP contribution in [-0.2, 0) is 6.42 Å². The first-order chi connectivity index (χ1) is 11.7. The minimum absolute atomic E-state index is 0.0694. The Morgan fingerprint density at radius 2 is 1.92 bits per heavy atom. The number of urea groups is 1. The number of para-hydroxylation sites is 1. The first-order valence-electron chi connectivity index (χ1n) is 7.70. The lowest BCUT2D eigenvalue weighted by Crippen LogP contribution is -2.44. The average molecular weight is 328 g/mol. The van der Waals surface area contributed by atoms with Crippen molar-refractivity contribution in [2.75, 3.05) is 26.1 Å². The number of fused-ring (bicyclic) bond motifs is 1. The first-order valence-corrected chi connectivity index (χ1v) is 7.70. The van der Waals surface area contributed by atoms with Gasteiger partial charge in [-0.05, 0) is 30.2 Å². The Morgan fingerprint density at radius 3 is 2.71 bits per heavy atom. The Kier molecular flexibility index (Phi) is 4.74. The van der Waals surface area contributed by atoms with E-state index in [0.717, 1.165) is 17.7 Å². The van der Waals surface area contributed by atoms with Crippen LogP contribution in [0.1, 0.15) is 5.56 Å². The highest BCUT2D eigenvalue weighted by Gasteiger charge is 2.21. The highest BCUT2D eigenvalue weighted by Crippen LogP contribution is 2.29. The largest absolute Gasteiger partial charge is 0.493 e. The molecule has 1 aliphatic rings. The zero-order chi connectivity index (χ0) is 16.9. The van der Waals surface area contributed by atoms with Gasteiger partial charge in [-0.3, -0.25) is 0 Å². The van der Waals surface area contributed by atoms with Gasteiger partial charge in [-0.2, -0.15) is 0 Å². The Balaban J connectivity index is 1.60. The number of benzene rings is 2. The second-order valence-corrected chi connectivity index (χ2v) is 5.49. The Bertz CT molecular complexity index is 733. The molecule has 1 unspecified atom stereocenters. The summed E-state index contributed by atoms with van der Waals surface area (Å²) in [5.41, 5.74) is 1.72. The fourth-order valence-corrected chi connectivity index (χ4v) is 2.69. The number of anilines is 1. The molecule has 1 atom stereocenters. The van der Waals surface area contributed by atoms with Crippen molar-refractivity contribution >= 4 is 11.7 Å². The summed E-state index contributed by atoms with van der Waals surface area (Å²) in [5.74, 6) is 2.06. The van der Waals surface area contributed by atoms with Crippen LogP contribution in [0.4, 0.5) is 10.5 Å². The van der Waals surface area contributed by atoms with Gasteiger partial charge in [0.2, 0.25) is 0 Å². The van der Waals surface area contributed by atoms with Crippen molar-refractivity contribution in [1.82, 2.24) is 5.32 Å². The molecule has 0 spiro atoms. The highest BCUT2D eigenvalue weighted by molar-refractivity contribution is 5.89. The predicted octanol–water partition coefficient (Wildman–Crippen LogP) is 2.83. The monoisotopic (exact) mass is 328 g/mol. The van der Waals surface area contributed by atoms with E-state index in [2.05, 4.69) is 10.6 Å². The first kappa shape index (κ1) is 16.0. The van der Waals surface area contributed by atoms with Crippen LogP contribution >= 0.6 is 0 Å². The van der Waals surface area contributed by atoms with Gasteiger partial charge >= 0.3 is 6.03 Å². The molecular weight excluding hydrogens is 308 g/mol. The van der Waals surface area contributed by atoms with Gasteiger partial charge in [0.05, 0.1) is 20.3 Å². The molecule has 6 nitrogen and oxygen atoms in total. The molecule has 6 heteroatoms. The molecule has 2 N–H and O–H groups in total. The third-order valence-electron chi connectivity index (χ3n) is 3.86. The van der Waals surface area contributed by atoms with Crippen LogP contribution in [0.25, 0.3) is 0 Å². The van der Waals surface area contributed by atoms with Crippen molar-refractivity contribution in [3.8, 4) is 17.2 Å². The van der Waals surface area contributed by atoms with Crippen LogP contribution in [0, 0.1) is 0 Å². The standard InChI is InChI=1S/C18H20N2O4/c1-22-16-8-7-13(10-17(16)23-2)19-18(21)20-14-9-12-5-3-4-6-15(12)24-11-14/h3-8,10,14H,9,11H2,1-2H3,(H2,19,20,21). The van der Waals surface area contributed by atoms with E-state index in [0.29, 0.717) is 23.8 Å². The Labute approximate surface area is 140 Å². The smallest absolute Gasteiger partial charge is 0.319 e. The molecule has 2 aromatic carbocycles.